The molecule has 140 valence electrons. The van der Waals surface area contributed by atoms with Gasteiger partial charge in [0, 0.05) is 32.1 Å². The Morgan fingerprint density at radius 3 is 2.58 bits per heavy atom. The minimum atomic E-state index is -0.499. The van der Waals surface area contributed by atoms with E-state index in [1.165, 1.54) is 24.1 Å². The number of anilines is 1. The summed E-state index contributed by atoms with van der Waals surface area (Å²) in [5.41, 5.74) is 0.208. The van der Waals surface area contributed by atoms with Crippen molar-refractivity contribution in [1.29, 1.82) is 0 Å². The summed E-state index contributed by atoms with van der Waals surface area (Å²) in [6.45, 7) is 1.21. The number of carbonyl (C=O) groups excluding carboxylic acids is 3. The van der Waals surface area contributed by atoms with E-state index in [0.717, 1.165) is 0 Å². The van der Waals surface area contributed by atoms with Crippen LogP contribution < -0.4 is 10.2 Å². The van der Waals surface area contributed by atoms with Gasteiger partial charge in [-0.1, -0.05) is 12.1 Å². The molecule has 2 aliphatic rings. The van der Waals surface area contributed by atoms with Gasteiger partial charge in [-0.2, -0.15) is 0 Å². The number of carbonyl (C=O) groups is 3. The number of ether oxygens (including phenoxy) is 1. The molecular formula is C18H22FN3O4. The molecule has 0 spiro atoms. The van der Waals surface area contributed by atoms with Gasteiger partial charge in [0.1, 0.15) is 5.82 Å². The Balaban J connectivity index is 1.54. The predicted octanol–water partition coefficient (Wildman–Crippen LogP) is 1.53. The van der Waals surface area contributed by atoms with Crippen LogP contribution in [0, 0.1) is 11.7 Å². The van der Waals surface area contributed by atoms with Crippen molar-refractivity contribution in [3.05, 3.63) is 30.1 Å². The molecule has 3 amide bonds. The van der Waals surface area contributed by atoms with Crippen molar-refractivity contribution in [1.82, 2.24) is 10.2 Å². The fourth-order valence-electron chi connectivity index (χ4n) is 3.44. The molecule has 2 aliphatic heterocycles. The predicted molar refractivity (Wildman–Crippen MR) is 92.0 cm³/mol. The first-order valence-electron chi connectivity index (χ1n) is 8.67. The number of amides is 3. The van der Waals surface area contributed by atoms with Crippen molar-refractivity contribution < 1.29 is 23.5 Å². The van der Waals surface area contributed by atoms with Gasteiger partial charge < -0.3 is 19.9 Å². The molecule has 2 heterocycles. The van der Waals surface area contributed by atoms with Crippen molar-refractivity contribution in [2.24, 2.45) is 5.92 Å². The summed E-state index contributed by atoms with van der Waals surface area (Å²) in [6, 6.07) is 6.01. The highest BCUT2D eigenvalue weighted by Gasteiger charge is 2.37. The molecular weight excluding hydrogens is 341 g/mol. The molecule has 7 nitrogen and oxygen atoms in total. The monoisotopic (exact) mass is 363 g/mol. The first-order chi connectivity index (χ1) is 12.5. The van der Waals surface area contributed by atoms with Gasteiger partial charge in [0.15, 0.2) is 0 Å². The average Bonchev–Trinajstić information content (AvgIpc) is 3.04. The second-order valence-electron chi connectivity index (χ2n) is 6.60. The minimum absolute atomic E-state index is 0.0407. The fraction of sp³-hybridized carbons (Fsp3) is 0.500. The maximum atomic E-state index is 13.9. The van der Waals surface area contributed by atoms with Gasteiger partial charge in [0.05, 0.1) is 18.7 Å². The Bertz CT molecular complexity index is 703. The first-order valence-corrected chi connectivity index (χ1v) is 8.67. The molecule has 2 saturated heterocycles. The second-order valence-corrected chi connectivity index (χ2v) is 6.60. The van der Waals surface area contributed by atoms with Crippen molar-refractivity contribution in [3.8, 4) is 0 Å². The summed E-state index contributed by atoms with van der Waals surface area (Å²) >= 11 is 0. The number of hydrogen-bond acceptors (Lipinski definition) is 4. The molecule has 0 bridgehead atoms. The van der Waals surface area contributed by atoms with E-state index in [0.29, 0.717) is 25.9 Å². The summed E-state index contributed by atoms with van der Waals surface area (Å²) in [6.07, 6.45) is 0.981. The van der Waals surface area contributed by atoms with Gasteiger partial charge in [-0.05, 0) is 25.0 Å². The highest BCUT2D eigenvalue weighted by molar-refractivity contribution is 6.00. The van der Waals surface area contributed by atoms with E-state index in [1.54, 1.807) is 17.0 Å². The van der Waals surface area contributed by atoms with E-state index < -0.39 is 11.7 Å². The van der Waals surface area contributed by atoms with Gasteiger partial charge >= 0.3 is 6.09 Å². The first kappa shape index (κ1) is 18.2. The number of methoxy groups -OCH3 is 1. The number of rotatable bonds is 3. The summed E-state index contributed by atoms with van der Waals surface area (Å²) in [5.74, 6) is -1.43. The standard InChI is InChI=1S/C18H22FN3O4/c1-26-18(25)21-8-6-13(7-9-21)20-17(24)12-10-16(23)22(11-12)15-5-3-2-4-14(15)19/h2-5,12-13H,6-11H2,1H3,(H,20,24). The van der Waals surface area contributed by atoms with E-state index >= 15 is 0 Å². The number of halogens is 1. The van der Waals surface area contributed by atoms with Gasteiger partial charge in [-0.25, -0.2) is 9.18 Å². The summed E-state index contributed by atoms with van der Waals surface area (Å²) in [4.78, 5) is 39.1. The Labute approximate surface area is 151 Å². The average molecular weight is 363 g/mol. The van der Waals surface area contributed by atoms with Crippen LogP contribution in [0.2, 0.25) is 0 Å². The highest BCUT2D eigenvalue weighted by atomic mass is 19.1. The quantitative estimate of drug-likeness (QED) is 0.883. The SMILES string of the molecule is COC(=O)N1CCC(NC(=O)C2CC(=O)N(c3ccccc3F)C2)CC1. The van der Waals surface area contributed by atoms with Crippen molar-refractivity contribution in [3.63, 3.8) is 0 Å². The van der Waals surface area contributed by atoms with Crippen molar-refractivity contribution in [2.75, 3.05) is 31.6 Å². The number of hydrogen-bond donors (Lipinski definition) is 1. The van der Waals surface area contributed by atoms with Crippen molar-refractivity contribution >= 4 is 23.6 Å². The van der Waals surface area contributed by atoms with Crippen LogP contribution >= 0.6 is 0 Å². The summed E-state index contributed by atoms with van der Waals surface area (Å²) in [5, 5.41) is 2.96. The molecule has 2 fully saturated rings. The van der Waals surface area contributed by atoms with Crippen LogP contribution in [0.25, 0.3) is 0 Å². The normalized spacial score (nSPS) is 21.0. The van der Waals surface area contributed by atoms with Crippen LogP contribution in [0.5, 0.6) is 0 Å². The third-order valence-corrected chi connectivity index (χ3v) is 4.91. The van der Waals surface area contributed by atoms with Crippen LogP contribution in [0.1, 0.15) is 19.3 Å². The van der Waals surface area contributed by atoms with Gasteiger partial charge in [-0.3, -0.25) is 9.59 Å². The van der Waals surface area contributed by atoms with Crippen LogP contribution in [0.4, 0.5) is 14.9 Å². The van der Waals surface area contributed by atoms with Gasteiger partial charge in [0.2, 0.25) is 11.8 Å². The lowest BCUT2D eigenvalue weighted by Crippen LogP contribution is -2.48. The zero-order chi connectivity index (χ0) is 18.7. The van der Waals surface area contributed by atoms with Crippen LogP contribution in [0.15, 0.2) is 24.3 Å². The van der Waals surface area contributed by atoms with E-state index in [4.69, 9.17) is 0 Å². The highest BCUT2D eigenvalue weighted by Crippen LogP contribution is 2.27. The molecule has 1 atom stereocenters. The molecule has 0 radical (unpaired) electrons. The van der Waals surface area contributed by atoms with Crippen LogP contribution in [-0.2, 0) is 14.3 Å². The van der Waals surface area contributed by atoms with E-state index in [1.807, 2.05) is 0 Å². The lowest BCUT2D eigenvalue weighted by Gasteiger charge is -2.31. The third kappa shape index (κ3) is 3.79. The largest absolute Gasteiger partial charge is 0.453 e. The zero-order valence-electron chi connectivity index (χ0n) is 14.6. The molecule has 1 aromatic rings. The van der Waals surface area contributed by atoms with E-state index in [-0.39, 0.29) is 42.6 Å². The molecule has 0 saturated carbocycles. The number of nitrogens with one attached hydrogen (secondary N) is 1. The summed E-state index contributed by atoms with van der Waals surface area (Å²) < 4.78 is 18.6. The minimum Gasteiger partial charge on any atom is -0.453 e. The van der Waals surface area contributed by atoms with E-state index in [2.05, 4.69) is 10.1 Å². The van der Waals surface area contributed by atoms with Crippen molar-refractivity contribution in [2.45, 2.75) is 25.3 Å². The number of likely N-dealkylation sites (tertiary alicyclic amines) is 1. The number of piperidine rings is 1. The number of nitrogens with zero attached hydrogens (tertiary/aromatic N) is 2. The lowest BCUT2D eigenvalue weighted by molar-refractivity contribution is -0.127. The molecule has 1 unspecified atom stereocenters. The summed E-state index contributed by atoms with van der Waals surface area (Å²) in [7, 11) is 1.34. The third-order valence-electron chi connectivity index (χ3n) is 4.91. The van der Waals surface area contributed by atoms with E-state index in [9.17, 15) is 18.8 Å². The lowest BCUT2D eigenvalue weighted by atomic mass is 10.0. The Morgan fingerprint density at radius 2 is 1.92 bits per heavy atom. The Morgan fingerprint density at radius 1 is 1.23 bits per heavy atom. The molecule has 1 N–H and O–H groups in total. The molecule has 1 aromatic carbocycles. The number of para-hydroxylation sites is 1. The topological polar surface area (TPSA) is 79.0 Å². The van der Waals surface area contributed by atoms with Crippen LogP contribution in [0.3, 0.4) is 0 Å². The maximum absolute atomic E-state index is 13.9. The zero-order valence-corrected chi connectivity index (χ0v) is 14.6. The second kappa shape index (κ2) is 7.72. The van der Waals surface area contributed by atoms with Gasteiger partial charge in [-0.15, -0.1) is 0 Å². The molecule has 26 heavy (non-hydrogen) atoms. The fourth-order valence-corrected chi connectivity index (χ4v) is 3.44. The van der Waals surface area contributed by atoms with Gasteiger partial charge in [0.25, 0.3) is 0 Å². The smallest absolute Gasteiger partial charge is 0.409 e. The molecule has 0 aliphatic carbocycles. The Hall–Kier alpha value is -2.64. The van der Waals surface area contributed by atoms with Crippen LogP contribution in [-0.4, -0.2) is 55.6 Å². The number of benzene rings is 1. The molecule has 3 rings (SSSR count). The molecule has 8 heteroatoms. The maximum Gasteiger partial charge on any atom is 0.409 e. The Kier molecular flexibility index (Phi) is 5.39. The molecule has 0 aromatic heterocycles.